The third-order valence-electron chi connectivity index (χ3n) is 4.09. The van der Waals surface area contributed by atoms with Gasteiger partial charge in [-0.3, -0.25) is 9.59 Å². The Hall–Kier alpha value is -1.64. The van der Waals surface area contributed by atoms with Crippen molar-refractivity contribution in [3.63, 3.8) is 0 Å². The second-order valence-electron chi connectivity index (χ2n) is 5.64. The lowest BCUT2D eigenvalue weighted by Crippen LogP contribution is -2.40. The minimum Gasteiger partial charge on any atom is -0.342 e. The predicted octanol–water partition coefficient (Wildman–Crippen LogP) is 2.76. The fourth-order valence-corrected chi connectivity index (χ4v) is 2.85. The largest absolute Gasteiger partial charge is 0.342 e. The maximum Gasteiger partial charge on any atom is 0.226 e. The lowest BCUT2D eigenvalue weighted by molar-refractivity contribution is -0.134. The molecule has 0 atom stereocenters. The van der Waals surface area contributed by atoms with Crippen molar-refractivity contribution in [1.29, 1.82) is 0 Å². The fraction of sp³-hybridized carbons (Fsp3) is 0.529. The third-order valence-corrected chi connectivity index (χ3v) is 4.09. The molecule has 20 heavy (non-hydrogen) atoms. The van der Waals surface area contributed by atoms with Crippen LogP contribution in [-0.2, 0) is 16.0 Å². The van der Waals surface area contributed by atoms with Gasteiger partial charge < -0.3 is 4.90 Å². The summed E-state index contributed by atoms with van der Waals surface area (Å²) in [6, 6.07) is 8.09. The number of benzene rings is 1. The molecule has 1 aliphatic heterocycles. The van der Waals surface area contributed by atoms with Crippen LogP contribution < -0.4 is 0 Å². The Balaban J connectivity index is 1.87. The van der Waals surface area contributed by atoms with Crippen LogP contribution in [0.3, 0.4) is 0 Å². The van der Waals surface area contributed by atoms with Crippen molar-refractivity contribution in [1.82, 2.24) is 4.90 Å². The van der Waals surface area contributed by atoms with Gasteiger partial charge >= 0.3 is 0 Å². The van der Waals surface area contributed by atoms with E-state index in [1.54, 1.807) is 0 Å². The molecule has 3 nitrogen and oxygen atoms in total. The number of Topliss-reactive ketones (excluding diaryl/α,β-unsaturated/α-hetero) is 1. The van der Waals surface area contributed by atoms with Gasteiger partial charge in [0.2, 0.25) is 5.91 Å². The fourth-order valence-electron chi connectivity index (χ4n) is 2.85. The molecular formula is C17H23NO2. The summed E-state index contributed by atoms with van der Waals surface area (Å²) >= 11 is 0. The normalized spacial score (nSPS) is 16.2. The second kappa shape index (κ2) is 6.69. The molecule has 2 rings (SSSR count). The molecule has 0 N–H and O–H groups in total. The van der Waals surface area contributed by atoms with Crippen molar-refractivity contribution in [2.75, 3.05) is 13.1 Å². The molecule has 108 valence electrons. The van der Waals surface area contributed by atoms with Crippen LogP contribution in [0.2, 0.25) is 0 Å². The second-order valence-corrected chi connectivity index (χ2v) is 5.64. The Bertz CT molecular complexity index is 488. The van der Waals surface area contributed by atoms with Gasteiger partial charge in [0.1, 0.15) is 5.78 Å². The van der Waals surface area contributed by atoms with Crippen LogP contribution in [0, 0.1) is 12.8 Å². The van der Waals surface area contributed by atoms with Gasteiger partial charge in [-0.05, 0) is 25.3 Å². The summed E-state index contributed by atoms with van der Waals surface area (Å²) in [6.45, 7) is 5.40. The van der Waals surface area contributed by atoms with E-state index in [0.717, 1.165) is 31.5 Å². The van der Waals surface area contributed by atoms with Crippen LogP contribution in [-0.4, -0.2) is 29.7 Å². The number of hydrogen-bond donors (Lipinski definition) is 0. The number of amides is 1. The van der Waals surface area contributed by atoms with Gasteiger partial charge in [-0.25, -0.2) is 0 Å². The SMILES string of the molecule is CCC(=O)C1CCN(C(=O)Cc2cccc(C)c2)CC1. The smallest absolute Gasteiger partial charge is 0.226 e. The third kappa shape index (κ3) is 3.69. The zero-order valence-electron chi connectivity index (χ0n) is 12.4. The number of carbonyl (C=O) groups excluding carboxylic acids is 2. The number of hydrogen-bond acceptors (Lipinski definition) is 2. The molecule has 1 saturated heterocycles. The van der Waals surface area contributed by atoms with E-state index in [0.29, 0.717) is 18.6 Å². The van der Waals surface area contributed by atoms with Crippen LogP contribution in [0.1, 0.15) is 37.3 Å². The van der Waals surface area contributed by atoms with Gasteiger partial charge in [-0.1, -0.05) is 36.8 Å². The maximum atomic E-state index is 12.3. The van der Waals surface area contributed by atoms with Crippen molar-refractivity contribution >= 4 is 11.7 Å². The molecule has 0 saturated carbocycles. The maximum absolute atomic E-state index is 12.3. The molecule has 0 aromatic heterocycles. The summed E-state index contributed by atoms with van der Waals surface area (Å²) in [4.78, 5) is 25.8. The molecule has 1 fully saturated rings. The highest BCUT2D eigenvalue weighted by molar-refractivity contribution is 5.82. The number of rotatable bonds is 4. The highest BCUT2D eigenvalue weighted by Gasteiger charge is 2.26. The summed E-state index contributed by atoms with van der Waals surface area (Å²) in [5.74, 6) is 0.691. The quantitative estimate of drug-likeness (QED) is 0.846. The molecule has 1 amide bonds. The van der Waals surface area contributed by atoms with E-state index in [4.69, 9.17) is 0 Å². The molecule has 3 heteroatoms. The first-order valence-electron chi connectivity index (χ1n) is 7.46. The lowest BCUT2D eigenvalue weighted by atomic mass is 9.91. The number of carbonyl (C=O) groups is 2. The van der Waals surface area contributed by atoms with Crippen molar-refractivity contribution in [2.45, 2.75) is 39.5 Å². The minimum absolute atomic E-state index is 0.169. The Kier molecular flexibility index (Phi) is 4.94. The zero-order valence-corrected chi connectivity index (χ0v) is 12.4. The predicted molar refractivity (Wildman–Crippen MR) is 79.5 cm³/mol. The number of nitrogens with zero attached hydrogens (tertiary/aromatic N) is 1. The van der Waals surface area contributed by atoms with Gasteiger partial charge in [0, 0.05) is 25.4 Å². The van der Waals surface area contributed by atoms with E-state index >= 15 is 0 Å². The molecule has 1 heterocycles. The highest BCUT2D eigenvalue weighted by atomic mass is 16.2. The average Bonchev–Trinajstić information content (AvgIpc) is 2.46. The monoisotopic (exact) mass is 273 g/mol. The molecule has 0 bridgehead atoms. The molecule has 0 aliphatic carbocycles. The van der Waals surface area contributed by atoms with Crippen LogP contribution >= 0.6 is 0 Å². The molecule has 1 aliphatic rings. The standard InChI is InChI=1S/C17H23NO2/c1-3-16(19)15-7-9-18(10-8-15)17(20)12-14-6-4-5-13(2)11-14/h4-6,11,15H,3,7-10,12H2,1-2H3. The minimum atomic E-state index is 0.169. The molecule has 1 aromatic rings. The van der Waals surface area contributed by atoms with Crippen molar-refractivity contribution in [3.8, 4) is 0 Å². The molecule has 0 spiro atoms. The Morgan fingerprint density at radius 1 is 1.25 bits per heavy atom. The van der Waals surface area contributed by atoms with Crippen LogP contribution in [0.25, 0.3) is 0 Å². The van der Waals surface area contributed by atoms with Gasteiger partial charge in [-0.15, -0.1) is 0 Å². The first-order chi connectivity index (χ1) is 9.60. The Morgan fingerprint density at radius 2 is 1.95 bits per heavy atom. The summed E-state index contributed by atoms with van der Waals surface area (Å²) < 4.78 is 0. The van der Waals surface area contributed by atoms with Gasteiger partial charge in [-0.2, -0.15) is 0 Å². The van der Waals surface area contributed by atoms with Crippen molar-refractivity contribution < 1.29 is 9.59 Å². The molecule has 0 unspecified atom stereocenters. The van der Waals surface area contributed by atoms with Gasteiger partial charge in [0.05, 0.1) is 6.42 Å². The Labute approximate surface area is 121 Å². The lowest BCUT2D eigenvalue weighted by Gasteiger charge is -2.31. The van der Waals surface area contributed by atoms with Gasteiger partial charge in [0.15, 0.2) is 0 Å². The summed E-state index contributed by atoms with van der Waals surface area (Å²) in [7, 11) is 0. The summed E-state index contributed by atoms with van der Waals surface area (Å²) in [6.07, 6.45) is 2.73. The Morgan fingerprint density at radius 3 is 2.55 bits per heavy atom. The van der Waals surface area contributed by atoms with Crippen LogP contribution in [0.4, 0.5) is 0 Å². The first-order valence-corrected chi connectivity index (χ1v) is 7.46. The van der Waals surface area contributed by atoms with E-state index in [9.17, 15) is 9.59 Å². The molecule has 1 aromatic carbocycles. The van der Waals surface area contributed by atoms with Crippen LogP contribution in [0.5, 0.6) is 0 Å². The van der Waals surface area contributed by atoms with E-state index in [-0.39, 0.29) is 11.8 Å². The molecular weight excluding hydrogens is 250 g/mol. The van der Waals surface area contributed by atoms with E-state index in [2.05, 4.69) is 6.07 Å². The van der Waals surface area contributed by atoms with Crippen molar-refractivity contribution in [3.05, 3.63) is 35.4 Å². The summed E-state index contributed by atoms with van der Waals surface area (Å²) in [5.41, 5.74) is 2.25. The van der Waals surface area contributed by atoms with E-state index in [1.807, 2.05) is 36.9 Å². The van der Waals surface area contributed by atoms with E-state index in [1.165, 1.54) is 5.56 Å². The first kappa shape index (κ1) is 14.8. The number of likely N-dealkylation sites (tertiary alicyclic amines) is 1. The summed E-state index contributed by atoms with van der Waals surface area (Å²) in [5, 5.41) is 0. The highest BCUT2D eigenvalue weighted by Crippen LogP contribution is 2.20. The number of aryl methyl sites for hydroxylation is 1. The average molecular weight is 273 g/mol. The van der Waals surface area contributed by atoms with Crippen molar-refractivity contribution in [2.24, 2.45) is 5.92 Å². The van der Waals surface area contributed by atoms with Gasteiger partial charge in [0.25, 0.3) is 0 Å². The topological polar surface area (TPSA) is 37.4 Å². The number of piperidine rings is 1. The van der Waals surface area contributed by atoms with E-state index < -0.39 is 0 Å². The number of ketones is 1. The van der Waals surface area contributed by atoms with Crippen LogP contribution in [0.15, 0.2) is 24.3 Å². The zero-order chi connectivity index (χ0) is 14.5. The molecule has 0 radical (unpaired) electrons.